The van der Waals surface area contributed by atoms with Crippen LogP contribution in [0.3, 0.4) is 0 Å². The molecule has 0 bridgehead atoms. The van der Waals surface area contributed by atoms with Crippen molar-refractivity contribution >= 4 is 17.6 Å². The number of likely N-dealkylation sites (tertiary alicyclic amines) is 1. The van der Waals surface area contributed by atoms with E-state index in [1.165, 1.54) is 0 Å². The fourth-order valence-electron chi connectivity index (χ4n) is 2.75. The zero-order chi connectivity index (χ0) is 18.4. The second kappa shape index (κ2) is 8.33. The highest BCUT2D eigenvalue weighted by Crippen LogP contribution is 2.22. The molecule has 0 aliphatic carbocycles. The van der Waals surface area contributed by atoms with Crippen LogP contribution in [0.2, 0.25) is 0 Å². The topological polar surface area (TPSA) is 83.6 Å². The van der Waals surface area contributed by atoms with Crippen molar-refractivity contribution in [3.63, 3.8) is 0 Å². The predicted molar refractivity (Wildman–Crippen MR) is 98.2 cm³/mol. The Morgan fingerprint density at radius 3 is 2.85 bits per heavy atom. The molecule has 7 heteroatoms. The Labute approximate surface area is 152 Å². The minimum atomic E-state index is -0.199. The van der Waals surface area contributed by atoms with Gasteiger partial charge in [0, 0.05) is 43.5 Å². The van der Waals surface area contributed by atoms with E-state index in [4.69, 9.17) is 4.74 Å². The van der Waals surface area contributed by atoms with E-state index in [1.807, 2.05) is 37.3 Å². The molecule has 136 valence electrons. The second-order valence-corrected chi connectivity index (χ2v) is 6.08. The Balaban J connectivity index is 1.56. The van der Waals surface area contributed by atoms with Gasteiger partial charge in [0.2, 0.25) is 11.8 Å². The number of urea groups is 1. The van der Waals surface area contributed by atoms with Crippen molar-refractivity contribution in [3.05, 3.63) is 48.7 Å². The van der Waals surface area contributed by atoms with Gasteiger partial charge in [0.1, 0.15) is 5.75 Å². The van der Waals surface area contributed by atoms with E-state index < -0.39 is 0 Å². The Hall–Kier alpha value is -3.09. The number of carbonyl (C=O) groups is 2. The summed E-state index contributed by atoms with van der Waals surface area (Å²) in [6.45, 7) is 2.93. The van der Waals surface area contributed by atoms with E-state index in [1.54, 1.807) is 23.2 Å². The lowest BCUT2D eigenvalue weighted by Crippen LogP contribution is -2.39. The van der Waals surface area contributed by atoms with Gasteiger partial charge in [0.05, 0.1) is 0 Å². The van der Waals surface area contributed by atoms with Crippen LogP contribution in [0.1, 0.15) is 19.8 Å². The van der Waals surface area contributed by atoms with Gasteiger partial charge in [-0.15, -0.1) is 0 Å². The monoisotopic (exact) mass is 354 g/mol. The van der Waals surface area contributed by atoms with E-state index in [2.05, 4.69) is 15.6 Å². The van der Waals surface area contributed by atoms with Crippen LogP contribution in [0.25, 0.3) is 0 Å². The second-order valence-electron chi connectivity index (χ2n) is 6.08. The number of hydrogen-bond donors (Lipinski definition) is 2. The van der Waals surface area contributed by atoms with Crippen LogP contribution in [-0.2, 0) is 4.79 Å². The number of nitrogens with zero attached hydrogens (tertiary/aromatic N) is 2. The normalized spacial score (nSPS) is 16.2. The first-order valence-corrected chi connectivity index (χ1v) is 8.68. The molecule has 2 N–H and O–H groups in total. The molecule has 0 saturated carbocycles. The molecule has 1 fully saturated rings. The van der Waals surface area contributed by atoms with E-state index >= 15 is 0 Å². The van der Waals surface area contributed by atoms with E-state index in [0.717, 1.165) is 6.42 Å². The number of aromatic nitrogens is 1. The number of pyridine rings is 1. The Morgan fingerprint density at radius 2 is 2.08 bits per heavy atom. The molecule has 1 atom stereocenters. The van der Waals surface area contributed by atoms with Gasteiger partial charge in [-0.3, -0.25) is 4.79 Å². The van der Waals surface area contributed by atoms with Crippen LogP contribution in [0.5, 0.6) is 11.6 Å². The Kier molecular flexibility index (Phi) is 5.68. The lowest BCUT2D eigenvalue weighted by molar-refractivity contribution is -0.121. The van der Waals surface area contributed by atoms with Crippen LogP contribution in [0.4, 0.5) is 10.5 Å². The van der Waals surface area contributed by atoms with E-state index in [9.17, 15) is 9.59 Å². The number of hydrogen-bond acceptors (Lipinski definition) is 4. The number of rotatable bonds is 5. The lowest BCUT2D eigenvalue weighted by atomic mass is 10.2. The summed E-state index contributed by atoms with van der Waals surface area (Å²) < 4.78 is 5.68. The molecule has 3 rings (SSSR count). The van der Waals surface area contributed by atoms with Crippen LogP contribution < -0.4 is 15.4 Å². The van der Waals surface area contributed by atoms with Crippen LogP contribution in [0.15, 0.2) is 48.7 Å². The summed E-state index contributed by atoms with van der Waals surface area (Å²) in [7, 11) is 0. The lowest BCUT2D eigenvalue weighted by Gasteiger charge is -2.18. The third kappa shape index (κ3) is 4.72. The molecule has 1 unspecified atom stereocenters. The summed E-state index contributed by atoms with van der Waals surface area (Å²) in [6.07, 6.45) is 2.80. The van der Waals surface area contributed by atoms with Crippen molar-refractivity contribution in [2.75, 3.05) is 18.4 Å². The molecule has 0 spiro atoms. The zero-order valence-corrected chi connectivity index (χ0v) is 14.6. The maximum Gasteiger partial charge on any atom is 0.321 e. The number of ether oxygens (including phenoxy) is 1. The molecule has 1 aliphatic heterocycles. The van der Waals surface area contributed by atoms with Gasteiger partial charge in [0.25, 0.3) is 0 Å². The first-order chi connectivity index (χ1) is 12.6. The molecule has 2 heterocycles. The Bertz CT molecular complexity index is 766. The maximum absolute atomic E-state index is 12.4. The number of para-hydroxylation sites is 1. The van der Waals surface area contributed by atoms with Gasteiger partial charge in [0.15, 0.2) is 0 Å². The van der Waals surface area contributed by atoms with Crippen LogP contribution in [-0.4, -0.2) is 41.0 Å². The highest BCUT2D eigenvalue weighted by atomic mass is 16.5. The van der Waals surface area contributed by atoms with Gasteiger partial charge in [-0.2, -0.15) is 0 Å². The highest BCUT2D eigenvalue weighted by molar-refractivity contribution is 5.89. The van der Waals surface area contributed by atoms with Gasteiger partial charge in [-0.05, 0) is 24.6 Å². The largest absolute Gasteiger partial charge is 0.439 e. The molecule has 1 aromatic carbocycles. The molecule has 7 nitrogen and oxygen atoms in total. The van der Waals surface area contributed by atoms with Crippen molar-refractivity contribution < 1.29 is 14.3 Å². The maximum atomic E-state index is 12.4. The molecule has 2 aromatic rings. The van der Waals surface area contributed by atoms with E-state index in [-0.39, 0.29) is 18.0 Å². The van der Waals surface area contributed by atoms with E-state index in [0.29, 0.717) is 36.8 Å². The molecular formula is C19H22N4O3. The molecule has 3 amide bonds. The summed E-state index contributed by atoms with van der Waals surface area (Å²) >= 11 is 0. The fraction of sp³-hybridized carbons (Fsp3) is 0.316. The summed E-state index contributed by atoms with van der Waals surface area (Å²) in [5.41, 5.74) is 0.608. The fourth-order valence-corrected chi connectivity index (χ4v) is 2.75. The standard InChI is InChI=1S/C19H22N4O3/c1-2-17(24)21-15-9-11-23(13-15)19(25)22-14-8-10-20-18(12-14)26-16-6-4-3-5-7-16/h3-8,10,12,15H,2,9,11,13H2,1H3,(H,21,24)(H,20,22,25). The quantitative estimate of drug-likeness (QED) is 0.864. The van der Waals surface area contributed by atoms with Crippen molar-refractivity contribution in [2.24, 2.45) is 0 Å². The van der Waals surface area contributed by atoms with Crippen molar-refractivity contribution in [2.45, 2.75) is 25.8 Å². The average molecular weight is 354 g/mol. The van der Waals surface area contributed by atoms with Crippen molar-refractivity contribution in [1.82, 2.24) is 15.2 Å². The number of amides is 3. The molecule has 1 aromatic heterocycles. The third-order valence-corrected chi connectivity index (χ3v) is 4.11. The summed E-state index contributed by atoms with van der Waals surface area (Å²) in [5.74, 6) is 1.09. The molecule has 1 aliphatic rings. The van der Waals surface area contributed by atoms with Crippen molar-refractivity contribution in [3.8, 4) is 11.6 Å². The average Bonchev–Trinajstić information content (AvgIpc) is 3.11. The summed E-state index contributed by atoms with van der Waals surface area (Å²) in [5, 5.41) is 5.78. The smallest absolute Gasteiger partial charge is 0.321 e. The van der Waals surface area contributed by atoms with Crippen molar-refractivity contribution in [1.29, 1.82) is 0 Å². The van der Waals surface area contributed by atoms with Gasteiger partial charge < -0.3 is 20.3 Å². The number of carbonyl (C=O) groups excluding carboxylic acids is 2. The van der Waals surface area contributed by atoms with Crippen LogP contribution in [0, 0.1) is 0 Å². The molecule has 1 saturated heterocycles. The first-order valence-electron chi connectivity index (χ1n) is 8.68. The number of anilines is 1. The first kappa shape index (κ1) is 17.7. The predicted octanol–water partition coefficient (Wildman–Crippen LogP) is 3.01. The third-order valence-electron chi connectivity index (χ3n) is 4.11. The number of benzene rings is 1. The van der Waals surface area contributed by atoms with Gasteiger partial charge in [-0.25, -0.2) is 9.78 Å². The SMILES string of the molecule is CCC(=O)NC1CCN(C(=O)Nc2ccnc(Oc3ccccc3)c2)C1. The highest BCUT2D eigenvalue weighted by Gasteiger charge is 2.27. The molecule has 26 heavy (non-hydrogen) atoms. The minimum absolute atomic E-state index is 0.00842. The molecular weight excluding hydrogens is 332 g/mol. The minimum Gasteiger partial charge on any atom is -0.439 e. The number of nitrogens with one attached hydrogen (secondary N) is 2. The summed E-state index contributed by atoms with van der Waals surface area (Å²) in [4.78, 5) is 29.8. The molecule has 0 radical (unpaired) electrons. The zero-order valence-electron chi connectivity index (χ0n) is 14.6. The van der Waals surface area contributed by atoms with Gasteiger partial charge in [-0.1, -0.05) is 25.1 Å². The summed E-state index contributed by atoms with van der Waals surface area (Å²) in [6, 6.07) is 12.5. The Morgan fingerprint density at radius 1 is 1.27 bits per heavy atom. The van der Waals surface area contributed by atoms with Gasteiger partial charge >= 0.3 is 6.03 Å². The van der Waals surface area contributed by atoms with Crippen LogP contribution >= 0.6 is 0 Å².